The number of aliphatic carboxylic acids is 2. The van der Waals surface area contributed by atoms with Crippen molar-refractivity contribution in [3.05, 3.63) is 22.3 Å². The summed E-state index contributed by atoms with van der Waals surface area (Å²) in [5.74, 6) is -4.02. The minimum absolute atomic E-state index is 0.0343. The summed E-state index contributed by atoms with van der Waals surface area (Å²) in [6.45, 7) is -0.116. The molecule has 2 saturated heterocycles. The second-order valence-corrected chi connectivity index (χ2v) is 10.4. The van der Waals surface area contributed by atoms with Gasteiger partial charge in [-0.3, -0.25) is 14.5 Å². The van der Waals surface area contributed by atoms with Crippen molar-refractivity contribution in [1.29, 1.82) is 0 Å². The average Bonchev–Trinajstić information content (AvgIpc) is 3.38. The number of aromatic nitrogens is 1. The Labute approximate surface area is 206 Å². The fraction of sp³-hybridized carbons (Fsp3) is 0.474. The number of carboxylic acids is 2. The quantitative estimate of drug-likeness (QED) is 0.143. The number of oxime groups is 1. The Hall–Kier alpha value is -3.21. The first-order valence-corrected chi connectivity index (χ1v) is 12.3. The number of β-lactam (4-membered cyclic amide) rings is 1. The molecule has 0 saturated carbocycles. The second-order valence-electron chi connectivity index (χ2n) is 8.38. The van der Waals surface area contributed by atoms with Gasteiger partial charge >= 0.3 is 5.97 Å². The van der Waals surface area contributed by atoms with Crippen LogP contribution in [0.4, 0.5) is 5.13 Å². The highest BCUT2D eigenvalue weighted by Crippen LogP contribution is 2.43. The maximum absolute atomic E-state index is 12.9. The summed E-state index contributed by atoms with van der Waals surface area (Å²) in [5.41, 5.74) is 5.51. The first kappa shape index (κ1) is 24.9. The van der Waals surface area contributed by atoms with E-state index in [-0.39, 0.29) is 32.6 Å². The van der Waals surface area contributed by atoms with Crippen molar-refractivity contribution in [2.45, 2.75) is 23.9 Å². The third kappa shape index (κ3) is 4.95. The monoisotopic (exact) mass is 526 g/mol. The van der Waals surface area contributed by atoms with Gasteiger partial charge in [-0.25, -0.2) is 9.78 Å². The molecule has 35 heavy (non-hydrogen) atoms. The maximum Gasteiger partial charge on any atom is 0.344 e. The number of hydrogen-bond acceptors (Lipinski definition) is 12. The Morgan fingerprint density at radius 3 is 2.77 bits per heavy atom. The minimum Gasteiger partial charge on any atom is -0.543 e. The molecule has 3 atom stereocenters. The van der Waals surface area contributed by atoms with Crippen molar-refractivity contribution in [2.24, 2.45) is 5.16 Å². The van der Waals surface area contributed by atoms with Crippen LogP contribution in [0.25, 0.3) is 0 Å². The molecule has 14 nitrogen and oxygen atoms in total. The van der Waals surface area contributed by atoms with Gasteiger partial charge in [-0.2, -0.15) is 9.48 Å². The molecule has 3 aliphatic heterocycles. The molecule has 0 aliphatic carbocycles. The average molecular weight is 527 g/mol. The predicted octanol–water partition coefficient (Wildman–Crippen LogP) is -2.29. The SMILES string of the molecule is C[N+]1(C)CC[C@@H](C2=C(C(=O)[O-])N3C(=O)C(NC(=O)/C(=N\OCC(=O)O)c4csc(N)n4)C3SC2)O1. The number of fused-ring (bicyclic) bond motifs is 1. The minimum atomic E-state index is -1.49. The number of hydroxylamine groups is 3. The van der Waals surface area contributed by atoms with Crippen LogP contribution in [0.3, 0.4) is 0 Å². The molecular formula is C19H22N6O8S2. The number of nitrogens with zero attached hydrogens (tertiary/aromatic N) is 4. The van der Waals surface area contributed by atoms with Gasteiger partial charge in [0, 0.05) is 23.1 Å². The Balaban J connectivity index is 1.53. The predicted molar refractivity (Wildman–Crippen MR) is 120 cm³/mol. The van der Waals surface area contributed by atoms with Crippen LogP contribution in [0, 0.1) is 0 Å². The molecule has 0 aromatic carbocycles. The van der Waals surface area contributed by atoms with Gasteiger partial charge in [-0.1, -0.05) is 5.16 Å². The Morgan fingerprint density at radius 2 is 2.20 bits per heavy atom. The molecule has 2 amide bonds. The van der Waals surface area contributed by atoms with Gasteiger partial charge in [-0.15, -0.1) is 23.1 Å². The standard InChI is InChI=1S/C19H22N6O8S2/c1-25(2)4-3-10(33-25)8-6-34-17-13(16(29)24(17)14(8)18(30)31)22-15(28)12(23-32-5-11(26)27)9-7-35-19(20)21-9/h7,10,13,17H,3-6H2,1-2H3,(H4-,20,21,22,26,27,28,30,31)/b23-12-/t10-,13?,17?/m0/s1. The lowest BCUT2D eigenvalue weighted by Crippen LogP contribution is -2.71. The van der Waals surface area contributed by atoms with Crippen LogP contribution in [-0.4, -0.2) is 99.6 Å². The molecule has 3 aliphatic rings. The van der Waals surface area contributed by atoms with E-state index in [9.17, 15) is 24.3 Å². The number of carboxylic acid groups (broad SMARTS) is 2. The van der Waals surface area contributed by atoms with Gasteiger partial charge < -0.3 is 30.9 Å². The molecule has 1 aromatic rings. The normalized spacial score (nSPS) is 25.7. The topological polar surface area (TPSA) is 197 Å². The number of thiazole rings is 1. The number of nitrogens with two attached hydrogens (primary N) is 1. The molecule has 1 aromatic heterocycles. The van der Waals surface area contributed by atoms with Crippen LogP contribution in [0.2, 0.25) is 0 Å². The number of nitrogens with one attached hydrogen (secondary N) is 1. The first-order valence-electron chi connectivity index (χ1n) is 10.3. The lowest BCUT2D eigenvalue weighted by molar-refractivity contribution is -1.06. The Kier molecular flexibility index (Phi) is 6.72. The molecule has 0 spiro atoms. The third-order valence-electron chi connectivity index (χ3n) is 5.53. The van der Waals surface area contributed by atoms with E-state index < -0.39 is 47.9 Å². The molecule has 4 heterocycles. The van der Waals surface area contributed by atoms with Gasteiger partial charge in [0.2, 0.25) is 6.61 Å². The zero-order valence-electron chi connectivity index (χ0n) is 18.6. The summed E-state index contributed by atoms with van der Waals surface area (Å²) in [6, 6.07) is -1.05. The summed E-state index contributed by atoms with van der Waals surface area (Å²) in [7, 11) is 3.71. The first-order chi connectivity index (χ1) is 16.5. The van der Waals surface area contributed by atoms with Crippen molar-refractivity contribution in [3.63, 3.8) is 0 Å². The number of thioether (sulfide) groups is 1. The van der Waals surface area contributed by atoms with E-state index in [1.807, 2.05) is 14.1 Å². The Bertz CT molecular complexity index is 1150. The highest BCUT2D eigenvalue weighted by molar-refractivity contribution is 8.00. The molecule has 4 N–H and O–H groups in total. The number of carbonyl (C=O) groups excluding carboxylic acids is 3. The smallest absolute Gasteiger partial charge is 0.344 e. The van der Waals surface area contributed by atoms with Crippen molar-refractivity contribution < 1.29 is 43.7 Å². The van der Waals surface area contributed by atoms with Crippen LogP contribution in [0.15, 0.2) is 21.8 Å². The molecule has 0 radical (unpaired) electrons. The number of hydrogen-bond donors (Lipinski definition) is 3. The molecule has 2 fully saturated rings. The number of rotatable bonds is 8. The van der Waals surface area contributed by atoms with Crippen LogP contribution < -0.4 is 16.2 Å². The van der Waals surface area contributed by atoms with Gasteiger partial charge in [-0.05, 0) is 0 Å². The summed E-state index contributed by atoms with van der Waals surface area (Å²) in [4.78, 5) is 64.2. The molecule has 2 unspecified atom stereocenters. The zero-order chi connectivity index (χ0) is 25.5. The van der Waals surface area contributed by atoms with Gasteiger partial charge in [0.15, 0.2) is 10.8 Å². The van der Waals surface area contributed by atoms with E-state index in [4.69, 9.17) is 15.7 Å². The number of nitrogen functional groups attached to an aromatic ring is 1. The molecule has 16 heteroatoms. The van der Waals surface area contributed by atoms with Crippen LogP contribution in [0.5, 0.6) is 0 Å². The largest absolute Gasteiger partial charge is 0.543 e. The summed E-state index contributed by atoms with van der Waals surface area (Å²) >= 11 is 2.31. The van der Waals surface area contributed by atoms with E-state index in [0.29, 0.717) is 18.5 Å². The van der Waals surface area contributed by atoms with Gasteiger partial charge in [0.1, 0.15) is 29.8 Å². The van der Waals surface area contributed by atoms with Crippen molar-refractivity contribution >= 4 is 57.7 Å². The molecular weight excluding hydrogens is 504 g/mol. The van der Waals surface area contributed by atoms with Crippen LogP contribution >= 0.6 is 23.1 Å². The van der Waals surface area contributed by atoms with E-state index in [0.717, 1.165) is 16.2 Å². The number of carbonyl (C=O) groups is 4. The maximum atomic E-state index is 12.9. The molecule has 4 rings (SSSR count). The number of quaternary nitrogens is 1. The van der Waals surface area contributed by atoms with E-state index in [1.165, 1.54) is 17.1 Å². The fourth-order valence-electron chi connectivity index (χ4n) is 3.96. The van der Waals surface area contributed by atoms with Crippen molar-refractivity contribution in [2.75, 3.05) is 38.7 Å². The summed E-state index contributed by atoms with van der Waals surface area (Å²) in [6.07, 6.45) is 0.132. The Morgan fingerprint density at radius 1 is 1.46 bits per heavy atom. The number of anilines is 1. The molecule has 0 bridgehead atoms. The fourth-order valence-corrected chi connectivity index (χ4v) is 5.91. The molecule has 188 valence electrons. The highest BCUT2D eigenvalue weighted by atomic mass is 32.2. The lowest BCUT2D eigenvalue weighted by atomic mass is 9.99. The number of amides is 2. The van der Waals surface area contributed by atoms with E-state index >= 15 is 0 Å². The van der Waals surface area contributed by atoms with Gasteiger partial charge in [0.05, 0.1) is 25.8 Å². The highest BCUT2D eigenvalue weighted by Gasteiger charge is 2.54. The van der Waals surface area contributed by atoms with Crippen LogP contribution in [-0.2, 0) is 28.9 Å². The second kappa shape index (κ2) is 9.44. The van der Waals surface area contributed by atoms with Crippen molar-refractivity contribution in [3.8, 4) is 0 Å². The summed E-state index contributed by atoms with van der Waals surface area (Å²) in [5, 5.41) is 27.7. The van der Waals surface area contributed by atoms with E-state index in [2.05, 4.69) is 20.3 Å². The third-order valence-corrected chi connectivity index (χ3v) is 7.51. The van der Waals surface area contributed by atoms with Crippen LogP contribution in [0.1, 0.15) is 12.1 Å². The summed E-state index contributed by atoms with van der Waals surface area (Å²) < 4.78 is 0.266. The lowest BCUT2D eigenvalue weighted by Gasteiger charge is -2.51. The van der Waals surface area contributed by atoms with E-state index in [1.54, 1.807) is 0 Å². The van der Waals surface area contributed by atoms with Gasteiger partial charge in [0.25, 0.3) is 11.8 Å². The zero-order valence-corrected chi connectivity index (χ0v) is 20.3. The van der Waals surface area contributed by atoms with Crippen molar-refractivity contribution in [1.82, 2.24) is 15.2 Å².